The number of carbonyl (C=O) groups is 1. The monoisotopic (exact) mass is 261 g/mol. The molecule has 18 heavy (non-hydrogen) atoms. The SMILES string of the molecule is CC(=O)Nc1ccc(-c2cc(C)c(Cl)nn2)cc1. The number of nitrogens with zero attached hydrogens (tertiary/aromatic N) is 2. The van der Waals surface area contributed by atoms with Crippen LogP contribution in [0.3, 0.4) is 0 Å². The van der Waals surface area contributed by atoms with Crippen LogP contribution in [0.15, 0.2) is 30.3 Å². The van der Waals surface area contributed by atoms with Gasteiger partial charge < -0.3 is 5.32 Å². The Morgan fingerprint density at radius 3 is 2.44 bits per heavy atom. The lowest BCUT2D eigenvalue weighted by atomic mass is 10.1. The number of carbonyl (C=O) groups excluding carboxylic acids is 1. The van der Waals surface area contributed by atoms with Gasteiger partial charge in [0.2, 0.25) is 5.91 Å². The Balaban J connectivity index is 2.28. The second kappa shape index (κ2) is 5.14. The lowest BCUT2D eigenvalue weighted by Crippen LogP contribution is -2.05. The fourth-order valence-corrected chi connectivity index (χ4v) is 1.63. The van der Waals surface area contributed by atoms with Crippen LogP contribution in [0.5, 0.6) is 0 Å². The van der Waals surface area contributed by atoms with Crippen molar-refractivity contribution in [2.75, 3.05) is 5.32 Å². The first-order chi connectivity index (χ1) is 8.56. The zero-order valence-corrected chi connectivity index (χ0v) is 10.8. The molecular formula is C13H12ClN3O. The first-order valence-electron chi connectivity index (χ1n) is 5.44. The lowest BCUT2D eigenvalue weighted by Gasteiger charge is -2.05. The summed E-state index contributed by atoms with van der Waals surface area (Å²) in [6.07, 6.45) is 0. The molecule has 0 fully saturated rings. The van der Waals surface area contributed by atoms with Crippen molar-refractivity contribution in [3.05, 3.63) is 41.0 Å². The van der Waals surface area contributed by atoms with Gasteiger partial charge in [-0.15, -0.1) is 10.2 Å². The van der Waals surface area contributed by atoms with Crippen molar-refractivity contribution in [2.24, 2.45) is 0 Å². The number of nitrogens with one attached hydrogen (secondary N) is 1. The molecule has 2 aromatic rings. The lowest BCUT2D eigenvalue weighted by molar-refractivity contribution is -0.114. The Morgan fingerprint density at radius 1 is 1.22 bits per heavy atom. The van der Waals surface area contributed by atoms with Gasteiger partial charge in [0.15, 0.2) is 5.15 Å². The van der Waals surface area contributed by atoms with Crippen LogP contribution in [0.25, 0.3) is 11.3 Å². The van der Waals surface area contributed by atoms with E-state index in [1.165, 1.54) is 6.92 Å². The average molecular weight is 262 g/mol. The second-order valence-electron chi connectivity index (χ2n) is 3.96. The molecule has 2 rings (SSSR count). The number of amides is 1. The van der Waals surface area contributed by atoms with E-state index >= 15 is 0 Å². The third-order valence-electron chi connectivity index (χ3n) is 2.43. The molecule has 1 N–H and O–H groups in total. The number of anilines is 1. The minimum absolute atomic E-state index is 0.0927. The highest BCUT2D eigenvalue weighted by Gasteiger charge is 2.04. The van der Waals surface area contributed by atoms with E-state index in [0.29, 0.717) is 5.15 Å². The van der Waals surface area contributed by atoms with E-state index in [0.717, 1.165) is 22.5 Å². The van der Waals surface area contributed by atoms with Crippen molar-refractivity contribution in [1.82, 2.24) is 10.2 Å². The highest BCUT2D eigenvalue weighted by atomic mass is 35.5. The predicted octanol–water partition coefficient (Wildman–Crippen LogP) is 3.06. The van der Waals surface area contributed by atoms with Crippen LogP contribution in [-0.4, -0.2) is 16.1 Å². The molecule has 92 valence electrons. The summed E-state index contributed by atoms with van der Waals surface area (Å²) >= 11 is 5.83. The number of aryl methyl sites for hydroxylation is 1. The van der Waals surface area contributed by atoms with Crippen LogP contribution in [0.1, 0.15) is 12.5 Å². The second-order valence-corrected chi connectivity index (χ2v) is 4.32. The van der Waals surface area contributed by atoms with Crippen molar-refractivity contribution < 1.29 is 4.79 Å². The van der Waals surface area contributed by atoms with Crippen molar-refractivity contribution in [1.29, 1.82) is 0 Å². The summed E-state index contributed by atoms with van der Waals surface area (Å²) < 4.78 is 0. The minimum atomic E-state index is -0.0927. The third-order valence-corrected chi connectivity index (χ3v) is 2.80. The molecule has 5 heteroatoms. The molecule has 0 saturated carbocycles. The summed E-state index contributed by atoms with van der Waals surface area (Å²) in [5, 5.41) is 11.0. The van der Waals surface area contributed by atoms with E-state index in [-0.39, 0.29) is 5.91 Å². The summed E-state index contributed by atoms with van der Waals surface area (Å²) in [6.45, 7) is 3.36. The van der Waals surface area contributed by atoms with E-state index in [1.54, 1.807) is 0 Å². The maximum Gasteiger partial charge on any atom is 0.221 e. The highest BCUT2D eigenvalue weighted by molar-refractivity contribution is 6.30. The number of rotatable bonds is 2. The smallest absolute Gasteiger partial charge is 0.221 e. The fourth-order valence-electron chi connectivity index (χ4n) is 1.54. The number of halogens is 1. The first kappa shape index (κ1) is 12.5. The van der Waals surface area contributed by atoms with Gasteiger partial charge in [-0.2, -0.15) is 0 Å². The molecule has 0 unspecified atom stereocenters. The third kappa shape index (κ3) is 2.84. The van der Waals surface area contributed by atoms with Gasteiger partial charge in [-0.25, -0.2) is 0 Å². The van der Waals surface area contributed by atoms with Crippen LogP contribution in [-0.2, 0) is 4.79 Å². The van der Waals surface area contributed by atoms with Gasteiger partial charge in [0.25, 0.3) is 0 Å². The van der Waals surface area contributed by atoms with Crippen LogP contribution < -0.4 is 5.32 Å². The standard InChI is InChI=1S/C13H12ClN3O/c1-8-7-12(16-17-13(8)14)10-3-5-11(6-4-10)15-9(2)18/h3-7H,1-2H3,(H,15,18). The zero-order valence-electron chi connectivity index (χ0n) is 10.1. The molecule has 1 aromatic heterocycles. The molecule has 0 spiro atoms. The van der Waals surface area contributed by atoms with Crippen LogP contribution >= 0.6 is 11.6 Å². The number of hydrogen-bond acceptors (Lipinski definition) is 3. The van der Waals surface area contributed by atoms with Crippen LogP contribution in [0, 0.1) is 6.92 Å². The number of hydrogen-bond donors (Lipinski definition) is 1. The molecule has 1 heterocycles. The Kier molecular flexibility index (Phi) is 3.58. The van der Waals surface area contributed by atoms with Gasteiger partial charge in [-0.1, -0.05) is 23.7 Å². The normalized spacial score (nSPS) is 10.2. The van der Waals surface area contributed by atoms with Crippen LogP contribution in [0.4, 0.5) is 5.69 Å². The van der Waals surface area contributed by atoms with Gasteiger partial charge in [0.1, 0.15) is 0 Å². The summed E-state index contributed by atoms with van der Waals surface area (Å²) in [6, 6.07) is 9.28. The average Bonchev–Trinajstić information content (AvgIpc) is 2.33. The molecule has 0 aliphatic heterocycles. The van der Waals surface area contributed by atoms with Crippen LogP contribution in [0.2, 0.25) is 5.15 Å². The molecule has 1 amide bonds. The molecule has 0 bridgehead atoms. The van der Waals surface area contributed by atoms with Gasteiger partial charge >= 0.3 is 0 Å². The largest absolute Gasteiger partial charge is 0.326 e. The zero-order chi connectivity index (χ0) is 13.1. The van der Waals surface area contributed by atoms with Crippen molar-refractivity contribution >= 4 is 23.2 Å². The van der Waals surface area contributed by atoms with E-state index in [4.69, 9.17) is 11.6 Å². The highest BCUT2D eigenvalue weighted by Crippen LogP contribution is 2.21. The fraction of sp³-hybridized carbons (Fsp3) is 0.154. The van der Waals surface area contributed by atoms with Crippen molar-refractivity contribution in [3.8, 4) is 11.3 Å². The Labute approximate surface area is 110 Å². The Hall–Kier alpha value is -1.94. The molecule has 0 atom stereocenters. The van der Waals surface area contributed by atoms with Gasteiger partial charge in [-0.3, -0.25) is 4.79 Å². The molecule has 0 radical (unpaired) electrons. The Bertz CT molecular complexity index is 581. The van der Waals surface area contributed by atoms with E-state index in [1.807, 2.05) is 37.3 Å². The molecule has 0 aliphatic carbocycles. The minimum Gasteiger partial charge on any atom is -0.326 e. The van der Waals surface area contributed by atoms with Gasteiger partial charge in [0.05, 0.1) is 5.69 Å². The predicted molar refractivity (Wildman–Crippen MR) is 71.5 cm³/mol. The maximum atomic E-state index is 10.9. The summed E-state index contributed by atoms with van der Waals surface area (Å²) in [4.78, 5) is 10.9. The Morgan fingerprint density at radius 2 is 1.89 bits per heavy atom. The maximum absolute atomic E-state index is 10.9. The molecular weight excluding hydrogens is 250 g/mol. The van der Waals surface area contributed by atoms with E-state index in [2.05, 4.69) is 15.5 Å². The molecule has 4 nitrogen and oxygen atoms in total. The number of benzene rings is 1. The van der Waals surface area contributed by atoms with E-state index < -0.39 is 0 Å². The van der Waals surface area contributed by atoms with E-state index in [9.17, 15) is 4.79 Å². The molecule has 1 aromatic carbocycles. The number of aromatic nitrogens is 2. The molecule has 0 aliphatic rings. The molecule has 0 saturated heterocycles. The summed E-state index contributed by atoms with van der Waals surface area (Å²) in [7, 11) is 0. The van der Waals surface area contributed by atoms with Gasteiger partial charge in [0, 0.05) is 18.2 Å². The summed E-state index contributed by atoms with van der Waals surface area (Å²) in [5.41, 5.74) is 3.32. The topological polar surface area (TPSA) is 54.9 Å². The first-order valence-corrected chi connectivity index (χ1v) is 5.82. The van der Waals surface area contributed by atoms with Gasteiger partial charge in [-0.05, 0) is 30.7 Å². The quantitative estimate of drug-likeness (QED) is 0.904. The summed E-state index contributed by atoms with van der Waals surface area (Å²) in [5.74, 6) is -0.0927. The van der Waals surface area contributed by atoms with Crippen molar-refractivity contribution in [3.63, 3.8) is 0 Å². The van der Waals surface area contributed by atoms with Crippen molar-refractivity contribution in [2.45, 2.75) is 13.8 Å².